The highest BCUT2D eigenvalue weighted by atomic mass is 32.2. The van der Waals surface area contributed by atoms with Crippen molar-refractivity contribution in [3.63, 3.8) is 0 Å². The van der Waals surface area contributed by atoms with Crippen LogP contribution in [0.25, 0.3) is 0 Å². The van der Waals surface area contributed by atoms with E-state index in [9.17, 15) is 5.11 Å². The minimum atomic E-state index is -0.0499. The molecule has 0 bridgehead atoms. The normalized spacial score (nSPS) is 30.6. The van der Waals surface area contributed by atoms with E-state index in [1.165, 1.54) is 43.5 Å². The van der Waals surface area contributed by atoms with E-state index >= 15 is 0 Å². The summed E-state index contributed by atoms with van der Waals surface area (Å²) in [4.78, 5) is 4.01. The molecule has 2 nitrogen and oxygen atoms in total. The third-order valence-corrected chi connectivity index (χ3v) is 6.07. The van der Waals surface area contributed by atoms with Crippen LogP contribution in [-0.2, 0) is 0 Å². The molecule has 2 aliphatic rings. The van der Waals surface area contributed by atoms with Crippen molar-refractivity contribution in [2.75, 3.05) is 18.8 Å². The van der Waals surface area contributed by atoms with Crippen molar-refractivity contribution in [3.05, 3.63) is 30.3 Å². The minimum absolute atomic E-state index is 0.0499. The van der Waals surface area contributed by atoms with E-state index in [0.29, 0.717) is 12.0 Å². The number of thioether (sulfide) groups is 1. The average Bonchev–Trinajstić information content (AvgIpc) is 2.97. The van der Waals surface area contributed by atoms with Gasteiger partial charge in [-0.25, -0.2) is 0 Å². The van der Waals surface area contributed by atoms with Crippen LogP contribution in [0.15, 0.2) is 35.2 Å². The Labute approximate surface area is 132 Å². The molecule has 1 aromatic rings. The molecule has 1 aliphatic heterocycles. The van der Waals surface area contributed by atoms with E-state index in [2.05, 4.69) is 35.2 Å². The molecule has 116 valence electrons. The first-order valence-electron chi connectivity index (χ1n) is 8.44. The molecule has 2 fully saturated rings. The Balaban J connectivity index is 1.50. The molecule has 0 radical (unpaired) electrons. The summed E-state index contributed by atoms with van der Waals surface area (Å²) in [5.41, 5.74) is 0. The molecule has 1 saturated heterocycles. The van der Waals surface area contributed by atoms with Gasteiger partial charge in [-0.3, -0.25) is 4.90 Å². The molecule has 1 N–H and O–H groups in total. The first-order chi connectivity index (χ1) is 10.3. The number of hydrogen-bond donors (Lipinski definition) is 1. The highest BCUT2D eigenvalue weighted by Gasteiger charge is 2.36. The van der Waals surface area contributed by atoms with Gasteiger partial charge in [0.05, 0.1) is 6.10 Å². The lowest BCUT2D eigenvalue weighted by Gasteiger charge is -2.37. The molecule has 1 heterocycles. The summed E-state index contributed by atoms with van der Waals surface area (Å²) in [7, 11) is 0. The summed E-state index contributed by atoms with van der Waals surface area (Å²) in [6.07, 6.45) is 7.33. The topological polar surface area (TPSA) is 23.5 Å². The molecule has 3 atom stereocenters. The first kappa shape index (κ1) is 15.4. The van der Waals surface area contributed by atoms with Crippen molar-refractivity contribution < 1.29 is 5.11 Å². The van der Waals surface area contributed by atoms with Crippen LogP contribution in [-0.4, -0.2) is 41.0 Å². The van der Waals surface area contributed by atoms with Crippen molar-refractivity contribution in [2.45, 2.75) is 55.6 Å². The number of hydrogen-bond acceptors (Lipinski definition) is 3. The largest absolute Gasteiger partial charge is 0.393 e. The lowest BCUT2D eigenvalue weighted by atomic mass is 9.80. The van der Waals surface area contributed by atoms with Gasteiger partial charge >= 0.3 is 0 Å². The quantitative estimate of drug-likeness (QED) is 0.837. The van der Waals surface area contributed by atoms with Gasteiger partial charge < -0.3 is 5.11 Å². The minimum Gasteiger partial charge on any atom is -0.393 e. The molecule has 1 saturated carbocycles. The Morgan fingerprint density at radius 3 is 2.67 bits per heavy atom. The van der Waals surface area contributed by atoms with E-state index in [1.54, 1.807) is 0 Å². The molecule has 1 aliphatic carbocycles. The number of rotatable bonds is 5. The van der Waals surface area contributed by atoms with Crippen LogP contribution in [0, 0.1) is 5.92 Å². The number of likely N-dealkylation sites (tertiary alicyclic amines) is 1. The van der Waals surface area contributed by atoms with Gasteiger partial charge in [-0.2, -0.15) is 0 Å². The van der Waals surface area contributed by atoms with E-state index in [0.717, 1.165) is 18.7 Å². The van der Waals surface area contributed by atoms with Crippen molar-refractivity contribution >= 4 is 11.8 Å². The van der Waals surface area contributed by atoms with Crippen LogP contribution < -0.4 is 0 Å². The summed E-state index contributed by atoms with van der Waals surface area (Å²) in [6, 6.07) is 11.3. The molecule has 0 spiro atoms. The molecule has 3 unspecified atom stereocenters. The van der Waals surface area contributed by atoms with Gasteiger partial charge in [-0.15, -0.1) is 11.8 Å². The summed E-state index contributed by atoms with van der Waals surface area (Å²) < 4.78 is 0. The zero-order valence-corrected chi connectivity index (χ0v) is 13.6. The Bertz CT molecular complexity index is 424. The lowest BCUT2D eigenvalue weighted by molar-refractivity contribution is 0.0238. The van der Waals surface area contributed by atoms with Crippen molar-refractivity contribution in [1.82, 2.24) is 4.90 Å². The zero-order valence-electron chi connectivity index (χ0n) is 12.8. The van der Waals surface area contributed by atoms with Gasteiger partial charge in [0.2, 0.25) is 0 Å². The van der Waals surface area contributed by atoms with Gasteiger partial charge in [0.25, 0.3) is 0 Å². The van der Waals surface area contributed by atoms with Crippen LogP contribution in [0.1, 0.15) is 38.5 Å². The number of benzene rings is 1. The standard InChI is InChI=1S/C18H27NOS/c20-18-11-5-4-9-16(18)17-10-6-12-19(17)13-14-21-15-7-2-1-3-8-15/h1-3,7-8,16-18,20H,4-6,9-14H2. The number of aliphatic hydroxyl groups is 1. The highest BCUT2D eigenvalue weighted by molar-refractivity contribution is 7.99. The fourth-order valence-corrected chi connectivity index (χ4v) is 4.91. The Kier molecular flexibility index (Phi) is 5.61. The number of aliphatic hydroxyl groups excluding tert-OH is 1. The molecular weight excluding hydrogens is 278 g/mol. The molecule has 3 rings (SSSR count). The average molecular weight is 305 g/mol. The Morgan fingerprint density at radius 2 is 1.86 bits per heavy atom. The second kappa shape index (κ2) is 7.66. The van der Waals surface area contributed by atoms with Crippen LogP contribution in [0.2, 0.25) is 0 Å². The summed E-state index contributed by atoms with van der Waals surface area (Å²) >= 11 is 1.95. The predicted octanol–water partition coefficient (Wildman–Crippen LogP) is 3.79. The maximum absolute atomic E-state index is 10.3. The van der Waals surface area contributed by atoms with Crippen molar-refractivity contribution in [2.24, 2.45) is 5.92 Å². The second-order valence-corrected chi connectivity index (χ2v) is 7.59. The highest BCUT2D eigenvalue weighted by Crippen LogP contribution is 2.34. The van der Waals surface area contributed by atoms with Crippen LogP contribution in [0.3, 0.4) is 0 Å². The van der Waals surface area contributed by atoms with Gasteiger partial charge in [0.1, 0.15) is 0 Å². The molecule has 1 aromatic carbocycles. The molecule has 0 aromatic heterocycles. The van der Waals surface area contributed by atoms with Crippen LogP contribution >= 0.6 is 11.8 Å². The van der Waals surface area contributed by atoms with Crippen molar-refractivity contribution in [1.29, 1.82) is 0 Å². The lowest BCUT2D eigenvalue weighted by Crippen LogP contribution is -2.43. The molecular formula is C18H27NOS. The van der Waals surface area contributed by atoms with E-state index in [4.69, 9.17) is 0 Å². The maximum atomic E-state index is 10.3. The van der Waals surface area contributed by atoms with Gasteiger partial charge in [0, 0.05) is 29.2 Å². The molecule has 3 heteroatoms. The van der Waals surface area contributed by atoms with Gasteiger partial charge in [-0.1, -0.05) is 31.0 Å². The van der Waals surface area contributed by atoms with E-state index < -0.39 is 0 Å². The van der Waals surface area contributed by atoms with E-state index in [1.807, 2.05) is 11.8 Å². The predicted molar refractivity (Wildman–Crippen MR) is 89.7 cm³/mol. The molecule has 0 amide bonds. The SMILES string of the molecule is OC1CCCCC1C1CCCN1CCSc1ccccc1. The fraction of sp³-hybridized carbons (Fsp3) is 0.667. The zero-order chi connectivity index (χ0) is 14.5. The Morgan fingerprint density at radius 1 is 1.05 bits per heavy atom. The van der Waals surface area contributed by atoms with Crippen LogP contribution in [0.4, 0.5) is 0 Å². The number of nitrogens with zero attached hydrogens (tertiary/aromatic N) is 1. The first-order valence-corrected chi connectivity index (χ1v) is 9.43. The van der Waals surface area contributed by atoms with Gasteiger partial charge in [-0.05, 0) is 44.4 Å². The van der Waals surface area contributed by atoms with E-state index in [-0.39, 0.29) is 6.10 Å². The summed E-state index contributed by atoms with van der Waals surface area (Å²) in [5.74, 6) is 1.69. The fourth-order valence-electron chi connectivity index (χ4n) is 4.00. The summed E-state index contributed by atoms with van der Waals surface area (Å²) in [5, 5.41) is 10.3. The van der Waals surface area contributed by atoms with Crippen molar-refractivity contribution in [3.8, 4) is 0 Å². The maximum Gasteiger partial charge on any atom is 0.0583 e. The smallest absolute Gasteiger partial charge is 0.0583 e. The van der Waals surface area contributed by atoms with Gasteiger partial charge in [0.15, 0.2) is 0 Å². The monoisotopic (exact) mass is 305 g/mol. The molecule has 21 heavy (non-hydrogen) atoms. The second-order valence-electron chi connectivity index (χ2n) is 6.42. The van der Waals surface area contributed by atoms with Crippen LogP contribution in [0.5, 0.6) is 0 Å². The third-order valence-electron chi connectivity index (χ3n) is 5.08. The summed E-state index contributed by atoms with van der Waals surface area (Å²) in [6.45, 7) is 2.39. The third kappa shape index (κ3) is 4.02. The Hall–Kier alpha value is -0.510.